The summed E-state index contributed by atoms with van der Waals surface area (Å²) >= 11 is 3.41. The molecule has 1 amide bonds. The lowest BCUT2D eigenvalue weighted by Gasteiger charge is -2.27. The highest BCUT2D eigenvalue weighted by Gasteiger charge is 2.45. The Hall–Kier alpha value is -4.17. The summed E-state index contributed by atoms with van der Waals surface area (Å²) in [7, 11) is 0. The lowest BCUT2D eigenvalue weighted by atomic mass is 9.94. The van der Waals surface area contributed by atoms with Gasteiger partial charge in [0.15, 0.2) is 11.5 Å². The molecule has 37 heavy (non-hydrogen) atoms. The van der Waals surface area contributed by atoms with E-state index in [9.17, 15) is 19.5 Å². The summed E-state index contributed by atoms with van der Waals surface area (Å²) in [6.07, 6.45) is -0.319. The molecule has 4 aromatic rings. The van der Waals surface area contributed by atoms with Gasteiger partial charge in [-0.05, 0) is 61.9 Å². The standard InChI is InChI=1S/C29H22BrNO6/c1-16(2)36-29(35)18-9-6-10-21(14-18)31-25(17-7-4-3-5-8-17)24(27(33)28(31)34)26(32)23-15-19-13-20(30)11-12-22(19)37-23/h3-16,25,33H,1-2H3. The van der Waals surface area contributed by atoms with Gasteiger partial charge in [0.25, 0.3) is 5.91 Å². The number of aliphatic hydroxyl groups is 1. The molecule has 1 atom stereocenters. The maximum absolute atomic E-state index is 13.7. The SMILES string of the molecule is CC(C)OC(=O)c1cccc(N2C(=O)C(O)=C(C(=O)c3cc4cc(Br)ccc4o3)C2c2ccccc2)c1. The minimum Gasteiger partial charge on any atom is -0.503 e. The normalized spacial score (nSPS) is 15.6. The van der Waals surface area contributed by atoms with Crippen LogP contribution in [-0.4, -0.2) is 28.9 Å². The number of ether oxygens (including phenoxy) is 1. The van der Waals surface area contributed by atoms with Gasteiger partial charge in [0, 0.05) is 15.5 Å². The molecule has 1 unspecified atom stereocenters. The van der Waals surface area contributed by atoms with E-state index in [4.69, 9.17) is 9.15 Å². The van der Waals surface area contributed by atoms with E-state index in [2.05, 4.69) is 15.9 Å². The zero-order chi connectivity index (χ0) is 26.3. The molecule has 2 heterocycles. The van der Waals surface area contributed by atoms with E-state index in [1.807, 2.05) is 12.1 Å². The highest BCUT2D eigenvalue weighted by molar-refractivity contribution is 9.10. The summed E-state index contributed by atoms with van der Waals surface area (Å²) in [5.74, 6) is -2.58. The summed E-state index contributed by atoms with van der Waals surface area (Å²) in [6, 6.07) is 21.2. The number of Topliss-reactive ketones (excluding diaryl/α,β-unsaturated/α-hetero) is 1. The topological polar surface area (TPSA) is 97.0 Å². The van der Waals surface area contributed by atoms with Gasteiger partial charge in [-0.3, -0.25) is 14.5 Å². The molecule has 0 spiro atoms. The number of benzene rings is 3. The third-order valence-electron chi connectivity index (χ3n) is 5.97. The number of anilines is 1. The number of hydrogen-bond acceptors (Lipinski definition) is 6. The Kier molecular flexibility index (Phi) is 6.43. The molecule has 7 nitrogen and oxygen atoms in total. The molecule has 0 saturated heterocycles. The van der Waals surface area contributed by atoms with Crippen LogP contribution in [-0.2, 0) is 9.53 Å². The molecular formula is C29H22BrNO6. The smallest absolute Gasteiger partial charge is 0.338 e. The van der Waals surface area contributed by atoms with Gasteiger partial charge in [-0.25, -0.2) is 4.79 Å². The second-order valence-electron chi connectivity index (χ2n) is 8.88. The number of rotatable bonds is 6. The average molecular weight is 560 g/mol. The zero-order valence-electron chi connectivity index (χ0n) is 20.0. The van der Waals surface area contributed by atoms with Crippen molar-refractivity contribution in [1.29, 1.82) is 0 Å². The number of carbonyl (C=O) groups excluding carboxylic acids is 3. The lowest BCUT2D eigenvalue weighted by Crippen LogP contribution is -2.31. The molecule has 1 aromatic heterocycles. The number of fused-ring (bicyclic) bond motifs is 1. The highest BCUT2D eigenvalue weighted by atomic mass is 79.9. The van der Waals surface area contributed by atoms with Crippen LogP contribution in [0.5, 0.6) is 0 Å². The molecule has 8 heteroatoms. The van der Waals surface area contributed by atoms with E-state index in [0.717, 1.165) is 4.47 Å². The fourth-order valence-electron chi connectivity index (χ4n) is 4.38. The van der Waals surface area contributed by atoms with Gasteiger partial charge in [0.1, 0.15) is 5.58 Å². The molecule has 0 bridgehead atoms. The monoisotopic (exact) mass is 559 g/mol. The van der Waals surface area contributed by atoms with E-state index in [-0.39, 0.29) is 23.0 Å². The van der Waals surface area contributed by atoms with Crippen molar-refractivity contribution in [3.63, 3.8) is 0 Å². The third kappa shape index (κ3) is 4.56. The number of amides is 1. The quantitative estimate of drug-likeness (QED) is 0.212. The van der Waals surface area contributed by atoms with Crippen LogP contribution < -0.4 is 4.90 Å². The number of carbonyl (C=O) groups is 3. The average Bonchev–Trinajstić information content (AvgIpc) is 3.42. The number of esters is 1. The van der Waals surface area contributed by atoms with Crippen molar-refractivity contribution in [3.8, 4) is 0 Å². The highest BCUT2D eigenvalue weighted by Crippen LogP contribution is 2.42. The van der Waals surface area contributed by atoms with Gasteiger partial charge in [-0.1, -0.05) is 52.3 Å². The summed E-state index contributed by atoms with van der Waals surface area (Å²) in [5, 5.41) is 11.7. The molecule has 3 aromatic carbocycles. The van der Waals surface area contributed by atoms with Crippen LogP contribution in [0.25, 0.3) is 11.0 Å². The largest absolute Gasteiger partial charge is 0.503 e. The Morgan fingerprint density at radius 3 is 2.49 bits per heavy atom. The van der Waals surface area contributed by atoms with Crippen LogP contribution >= 0.6 is 15.9 Å². The molecular weight excluding hydrogens is 538 g/mol. The zero-order valence-corrected chi connectivity index (χ0v) is 21.6. The van der Waals surface area contributed by atoms with E-state index in [1.165, 1.54) is 11.0 Å². The number of nitrogens with zero attached hydrogens (tertiary/aromatic N) is 1. The fourth-order valence-corrected chi connectivity index (χ4v) is 4.76. The van der Waals surface area contributed by atoms with Crippen LogP contribution in [0, 0.1) is 0 Å². The van der Waals surface area contributed by atoms with Crippen LogP contribution in [0.3, 0.4) is 0 Å². The second kappa shape index (κ2) is 9.71. The van der Waals surface area contributed by atoms with Crippen LogP contribution in [0.1, 0.15) is 46.4 Å². The first-order chi connectivity index (χ1) is 17.7. The Labute approximate surface area is 221 Å². The maximum Gasteiger partial charge on any atom is 0.338 e. The molecule has 0 radical (unpaired) electrons. The Morgan fingerprint density at radius 2 is 1.76 bits per heavy atom. The van der Waals surface area contributed by atoms with Crippen LogP contribution in [0.4, 0.5) is 5.69 Å². The molecule has 1 aliphatic heterocycles. The first-order valence-electron chi connectivity index (χ1n) is 11.6. The van der Waals surface area contributed by atoms with E-state index >= 15 is 0 Å². The molecule has 0 fully saturated rings. The van der Waals surface area contributed by atoms with E-state index in [1.54, 1.807) is 74.5 Å². The Balaban J connectivity index is 1.61. The molecule has 0 saturated carbocycles. The van der Waals surface area contributed by atoms with E-state index < -0.39 is 29.5 Å². The van der Waals surface area contributed by atoms with Crippen LogP contribution in [0.2, 0.25) is 0 Å². The van der Waals surface area contributed by atoms with Crippen molar-refractivity contribution in [3.05, 3.63) is 112 Å². The molecule has 186 valence electrons. The number of halogens is 1. The van der Waals surface area contributed by atoms with Crippen molar-refractivity contribution in [1.82, 2.24) is 0 Å². The van der Waals surface area contributed by atoms with E-state index in [0.29, 0.717) is 22.2 Å². The first kappa shape index (κ1) is 24.5. The lowest BCUT2D eigenvalue weighted by molar-refractivity contribution is -0.117. The second-order valence-corrected chi connectivity index (χ2v) is 9.79. The van der Waals surface area contributed by atoms with Gasteiger partial charge < -0.3 is 14.3 Å². The Bertz CT molecular complexity index is 1570. The predicted octanol–water partition coefficient (Wildman–Crippen LogP) is 6.54. The fraction of sp³-hybridized carbons (Fsp3) is 0.138. The predicted molar refractivity (Wildman–Crippen MR) is 142 cm³/mol. The van der Waals surface area contributed by atoms with Crippen molar-refractivity contribution in [2.75, 3.05) is 4.90 Å². The minimum absolute atomic E-state index is 0.000469. The first-order valence-corrected chi connectivity index (χ1v) is 12.4. The van der Waals surface area contributed by atoms with Crippen molar-refractivity contribution >= 4 is 50.2 Å². The van der Waals surface area contributed by atoms with Crippen molar-refractivity contribution < 1.29 is 28.6 Å². The van der Waals surface area contributed by atoms with Crippen molar-refractivity contribution in [2.24, 2.45) is 0 Å². The summed E-state index contributed by atoms with van der Waals surface area (Å²) in [4.78, 5) is 41.0. The number of hydrogen-bond donors (Lipinski definition) is 1. The summed E-state index contributed by atoms with van der Waals surface area (Å²) in [5.41, 5.74) is 1.58. The molecule has 1 N–H and O–H groups in total. The Morgan fingerprint density at radius 1 is 1.00 bits per heavy atom. The minimum atomic E-state index is -0.947. The van der Waals surface area contributed by atoms with Gasteiger partial charge in [-0.2, -0.15) is 0 Å². The number of ketones is 1. The summed E-state index contributed by atoms with van der Waals surface area (Å²) in [6.45, 7) is 3.49. The van der Waals surface area contributed by atoms with Crippen molar-refractivity contribution in [2.45, 2.75) is 26.0 Å². The van der Waals surface area contributed by atoms with Gasteiger partial charge >= 0.3 is 5.97 Å². The summed E-state index contributed by atoms with van der Waals surface area (Å²) < 4.78 is 11.9. The third-order valence-corrected chi connectivity index (χ3v) is 6.47. The van der Waals surface area contributed by atoms with Gasteiger partial charge in [0.05, 0.1) is 23.3 Å². The number of furan rings is 1. The number of aliphatic hydroxyl groups excluding tert-OH is 1. The van der Waals surface area contributed by atoms with Crippen LogP contribution in [0.15, 0.2) is 99.1 Å². The maximum atomic E-state index is 13.7. The molecule has 5 rings (SSSR count). The molecule has 1 aliphatic rings. The van der Waals surface area contributed by atoms with Gasteiger partial charge in [-0.15, -0.1) is 0 Å². The molecule has 0 aliphatic carbocycles. The van der Waals surface area contributed by atoms with Gasteiger partial charge in [0.2, 0.25) is 5.78 Å².